The molecule has 1 amide bonds. The highest BCUT2D eigenvalue weighted by atomic mass is 32.2. The SMILES string of the molecule is Cc1ccc(CN2CCN(C3CC4(CCN(c5ccc(C(=O)NS(=O)(=O)c6cnc(NCC7CCC(C)(O)CC7)c([NH+](C)[O-])c6)c(Oc6cnc7[nH]ccc7c6)c5)CC4)C3)[C@H](c3ccccc3C(C)C)C2)cc1F. The van der Waals surface area contributed by atoms with Gasteiger partial charge in [0.05, 0.1) is 30.6 Å². The molecule has 4 fully saturated rings. The van der Waals surface area contributed by atoms with Crippen molar-refractivity contribution in [3.8, 4) is 11.5 Å². The van der Waals surface area contributed by atoms with Crippen molar-refractivity contribution in [3.63, 3.8) is 0 Å². The quantitative estimate of drug-likeness (QED) is 0.0618. The zero-order chi connectivity index (χ0) is 51.9. The largest absolute Gasteiger partial charge is 0.629 e. The Kier molecular flexibility index (Phi) is 14.6. The van der Waals surface area contributed by atoms with E-state index in [0.717, 1.165) is 94.1 Å². The van der Waals surface area contributed by atoms with E-state index in [9.17, 15) is 27.9 Å². The first-order valence-corrected chi connectivity index (χ1v) is 27.8. The molecule has 15 nitrogen and oxygen atoms in total. The van der Waals surface area contributed by atoms with E-state index in [-0.39, 0.29) is 56.0 Å². The second-order valence-corrected chi connectivity index (χ2v) is 23.8. The minimum absolute atomic E-state index is 0.00558. The lowest BCUT2D eigenvalue weighted by Gasteiger charge is -2.58. The molecule has 0 bridgehead atoms. The molecule has 3 aromatic heterocycles. The van der Waals surface area contributed by atoms with Crippen LogP contribution in [0.3, 0.4) is 0 Å². The van der Waals surface area contributed by atoms with Crippen LogP contribution in [-0.4, -0.2) is 102 Å². The first kappa shape index (κ1) is 51.5. The molecule has 6 aromatic rings. The fourth-order valence-corrected chi connectivity index (χ4v) is 12.9. The number of benzene rings is 3. The van der Waals surface area contributed by atoms with Crippen molar-refractivity contribution in [2.24, 2.45) is 11.3 Å². The summed E-state index contributed by atoms with van der Waals surface area (Å²) in [5.74, 6) is 0.403. The molecule has 74 heavy (non-hydrogen) atoms. The Morgan fingerprint density at radius 3 is 2.49 bits per heavy atom. The van der Waals surface area contributed by atoms with Gasteiger partial charge < -0.3 is 35.3 Å². The predicted molar refractivity (Wildman–Crippen MR) is 286 cm³/mol. The number of carbonyl (C=O) groups is 1. The number of nitrogens with one attached hydrogen (secondary N) is 4. The number of sulfonamides is 1. The Morgan fingerprint density at radius 1 is 0.973 bits per heavy atom. The van der Waals surface area contributed by atoms with Crippen LogP contribution >= 0.6 is 0 Å². The van der Waals surface area contributed by atoms with Crippen LogP contribution in [0.15, 0.2) is 102 Å². The van der Waals surface area contributed by atoms with Crippen molar-refractivity contribution in [1.29, 1.82) is 0 Å². The Morgan fingerprint density at radius 2 is 1.74 bits per heavy atom. The molecule has 2 aliphatic heterocycles. The van der Waals surface area contributed by atoms with Crippen LogP contribution < -0.4 is 24.7 Å². The molecule has 1 unspecified atom stereocenters. The van der Waals surface area contributed by atoms with Crippen molar-refractivity contribution in [2.45, 2.75) is 114 Å². The number of anilines is 2. The maximum Gasteiger partial charge on any atom is 0.268 e. The number of amides is 1. The number of quaternary nitrogens is 1. The van der Waals surface area contributed by atoms with Crippen molar-refractivity contribution in [2.75, 3.05) is 56.5 Å². The Bertz CT molecular complexity index is 3100. The molecule has 5 heterocycles. The number of hydroxylamine groups is 1. The number of piperidine rings is 1. The van der Waals surface area contributed by atoms with Gasteiger partial charge in [-0.25, -0.2) is 27.5 Å². The molecule has 1 spiro atoms. The number of ether oxygens (including phenoxy) is 1. The number of hydrogen-bond acceptors (Lipinski definition) is 12. The number of nitrogens with zero attached hydrogens (tertiary/aromatic N) is 5. The highest BCUT2D eigenvalue weighted by molar-refractivity contribution is 7.90. The molecule has 5 N–H and O–H groups in total. The maximum absolute atomic E-state index is 14.6. The average molecular weight is 1030 g/mol. The Balaban J connectivity index is 0.832. The molecule has 2 aliphatic carbocycles. The molecule has 2 atom stereocenters. The van der Waals surface area contributed by atoms with Crippen molar-refractivity contribution in [3.05, 3.63) is 136 Å². The van der Waals surface area contributed by atoms with Gasteiger partial charge in [-0.15, -0.1) is 0 Å². The number of rotatable bonds is 15. The number of carbonyl (C=O) groups excluding carboxylic acids is 1. The summed E-state index contributed by atoms with van der Waals surface area (Å²) in [6, 6.07) is 25.3. The van der Waals surface area contributed by atoms with Gasteiger partial charge in [0.1, 0.15) is 27.9 Å². The lowest BCUT2D eigenvalue weighted by atomic mass is 9.59. The number of aromatic amines is 1. The number of aliphatic hydroxyl groups is 1. The van der Waals surface area contributed by atoms with Gasteiger partial charge in [-0.3, -0.25) is 14.6 Å². The van der Waals surface area contributed by atoms with E-state index in [1.54, 1.807) is 43.6 Å². The number of aryl methyl sites for hydroxylation is 1. The fourth-order valence-electron chi connectivity index (χ4n) is 11.9. The lowest BCUT2D eigenvalue weighted by molar-refractivity contribution is -0.751. The van der Waals surface area contributed by atoms with Crippen LogP contribution in [-0.2, 0) is 16.6 Å². The van der Waals surface area contributed by atoms with Crippen LogP contribution in [0, 0.1) is 29.3 Å². The number of aromatic nitrogens is 3. The molecule has 392 valence electrons. The minimum Gasteiger partial charge on any atom is -0.629 e. The van der Waals surface area contributed by atoms with Crippen LogP contribution in [0.5, 0.6) is 11.5 Å². The normalized spacial score (nSPS) is 22.2. The second kappa shape index (κ2) is 21.0. The van der Waals surface area contributed by atoms with E-state index >= 15 is 0 Å². The summed E-state index contributed by atoms with van der Waals surface area (Å²) in [7, 11) is -3.16. The molecule has 0 radical (unpaired) electrons. The van der Waals surface area contributed by atoms with Crippen LogP contribution in [0.25, 0.3) is 11.0 Å². The smallest absolute Gasteiger partial charge is 0.268 e. The number of pyridine rings is 2. The monoisotopic (exact) mass is 1030 g/mol. The van der Waals surface area contributed by atoms with Gasteiger partial charge in [-0.1, -0.05) is 50.2 Å². The maximum atomic E-state index is 14.6. The molecule has 17 heteroatoms. The predicted octanol–water partition coefficient (Wildman–Crippen LogP) is 8.75. The number of piperazine rings is 1. The first-order valence-electron chi connectivity index (χ1n) is 26.3. The van der Waals surface area contributed by atoms with E-state index in [1.807, 2.05) is 25.1 Å². The Hall–Kier alpha value is -5.95. The van der Waals surface area contributed by atoms with Crippen LogP contribution in [0.2, 0.25) is 0 Å². The number of H-pyrrole nitrogens is 1. The Labute approximate surface area is 434 Å². The van der Waals surface area contributed by atoms with Crippen LogP contribution in [0.1, 0.15) is 117 Å². The van der Waals surface area contributed by atoms with Crippen LogP contribution in [0.4, 0.5) is 21.6 Å². The standard InChI is InChI=1S/C57H70FN9O6S/c1-37(2)46-8-6-7-9-47(46)51-36-65(35-40-11-10-38(3)49(58)26-40)24-25-67(51)43-30-57(31-43)19-22-66(23-20-57)42-12-13-48(52(28-42)73-44-27-41-16-21-59-53(41)61-33-44)55(68)63-74(71,72)45-29-50(64(5)70)54(62-34-45)60-32-39-14-17-56(4,69)18-15-39/h6-13,16,21,26-29,33-34,37,39,43,51,64,69H,14-15,17-20,22-25,30-32,35-36H2,1-5H3,(H,59,61)(H,60,62)(H,63,68)/t39?,51-,56?/m0/s1. The van der Waals surface area contributed by atoms with E-state index < -0.39 is 21.5 Å². The number of hydrogen-bond donors (Lipinski definition) is 5. The average Bonchev–Trinajstić information content (AvgIpc) is 3.85. The van der Waals surface area contributed by atoms with Gasteiger partial charge in [0.2, 0.25) is 0 Å². The summed E-state index contributed by atoms with van der Waals surface area (Å²) in [5, 5.41) is 26.9. The summed E-state index contributed by atoms with van der Waals surface area (Å²) in [6.07, 6.45) is 11.7. The molecule has 2 saturated carbocycles. The summed E-state index contributed by atoms with van der Waals surface area (Å²) in [6.45, 7) is 13.8. The molecular formula is C57H70FN9O6S. The fraction of sp³-hybridized carbons (Fsp3) is 0.456. The summed E-state index contributed by atoms with van der Waals surface area (Å²) in [5.41, 5.74) is 5.60. The lowest BCUT2D eigenvalue weighted by Crippen LogP contribution is -2.98. The molecular weight excluding hydrogens is 958 g/mol. The zero-order valence-electron chi connectivity index (χ0n) is 43.2. The van der Waals surface area contributed by atoms with E-state index in [0.29, 0.717) is 54.9 Å². The third-order valence-electron chi connectivity index (χ3n) is 16.5. The third-order valence-corrected chi connectivity index (χ3v) is 17.8. The van der Waals surface area contributed by atoms with Crippen molar-refractivity contribution in [1.82, 2.24) is 29.5 Å². The highest BCUT2D eigenvalue weighted by Crippen LogP contribution is 2.53. The van der Waals surface area contributed by atoms with Gasteiger partial charge in [0, 0.05) is 87.3 Å². The van der Waals surface area contributed by atoms with Crippen molar-refractivity contribution < 1.29 is 32.5 Å². The van der Waals surface area contributed by atoms with E-state index in [2.05, 4.69) is 83.9 Å². The topological polar surface area (TPSA) is 184 Å². The molecule has 3 aromatic carbocycles. The summed E-state index contributed by atoms with van der Waals surface area (Å²) >= 11 is 0. The summed E-state index contributed by atoms with van der Waals surface area (Å²) < 4.78 is 51.1. The number of halogens is 1. The van der Waals surface area contributed by atoms with E-state index in [1.165, 1.54) is 24.2 Å². The van der Waals surface area contributed by atoms with Crippen molar-refractivity contribution >= 4 is 44.2 Å². The minimum atomic E-state index is -4.51. The van der Waals surface area contributed by atoms with Gasteiger partial charge in [0.15, 0.2) is 11.5 Å². The highest BCUT2D eigenvalue weighted by Gasteiger charge is 2.50. The first-order chi connectivity index (χ1) is 35.4. The zero-order valence-corrected chi connectivity index (χ0v) is 44.0. The van der Waals surface area contributed by atoms with E-state index in [4.69, 9.17) is 4.74 Å². The number of fused-ring (bicyclic) bond motifs is 1. The van der Waals surface area contributed by atoms with Gasteiger partial charge >= 0.3 is 0 Å². The molecule has 10 rings (SSSR count). The molecule has 2 saturated heterocycles. The van der Waals surface area contributed by atoms with Gasteiger partial charge in [-0.05, 0) is 135 Å². The molecule has 4 aliphatic rings. The van der Waals surface area contributed by atoms with Gasteiger partial charge in [0.25, 0.3) is 15.9 Å². The van der Waals surface area contributed by atoms with Gasteiger partial charge in [-0.2, -0.15) is 0 Å². The summed E-state index contributed by atoms with van der Waals surface area (Å²) in [4.78, 5) is 33.3. The third kappa shape index (κ3) is 11.2. The second-order valence-electron chi connectivity index (χ2n) is 22.2.